The molecule has 12 heavy (non-hydrogen) atoms. The summed E-state index contributed by atoms with van der Waals surface area (Å²) in [6, 6.07) is 2.11. The molecule has 0 aromatic carbocycles. The maximum Gasteiger partial charge on any atom is 0.0700 e. The van der Waals surface area contributed by atoms with Crippen molar-refractivity contribution in [1.82, 2.24) is 0 Å². The van der Waals surface area contributed by atoms with Crippen molar-refractivity contribution < 1.29 is 9.47 Å². The number of ether oxygens (including phenoxy) is 2. The lowest BCUT2D eigenvalue weighted by Crippen LogP contribution is -2.09. The third kappa shape index (κ3) is 7.52. The van der Waals surface area contributed by atoms with Crippen LogP contribution in [0.4, 0.5) is 0 Å². The van der Waals surface area contributed by atoms with Crippen molar-refractivity contribution in [3.63, 3.8) is 0 Å². The van der Waals surface area contributed by atoms with E-state index >= 15 is 0 Å². The summed E-state index contributed by atoms with van der Waals surface area (Å²) in [5, 5.41) is 8.35. The zero-order valence-electron chi connectivity index (χ0n) is 7.88. The summed E-state index contributed by atoms with van der Waals surface area (Å²) in [6.07, 6.45) is 0.564. The van der Waals surface area contributed by atoms with Crippen LogP contribution in [-0.4, -0.2) is 26.4 Å². The van der Waals surface area contributed by atoms with E-state index in [0.29, 0.717) is 32.2 Å². The summed E-state index contributed by atoms with van der Waals surface area (Å²) >= 11 is 0. The maximum absolute atomic E-state index is 8.35. The fourth-order valence-electron chi connectivity index (χ4n) is 0.761. The lowest BCUT2D eigenvalue weighted by molar-refractivity contribution is 0.0404. The summed E-state index contributed by atoms with van der Waals surface area (Å²) in [5.41, 5.74) is 0. The lowest BCUT2D eigenvalue weighted by atomic mass is 10.1. The number of hydrogen-bond acceptors (Lipinski definition) is 3. The first-order chi connectivity index (χ1) is 5.81. The molecule has 0 aromatic rings. The Balaban J connectivity index is 3.04. The molecule has 0 aliphatic rings. The topological polar surface area (TPSA) is 42.2 Å². The van der Waals surface area contributed by atoms with Gasteiger partial charge in [-0.25, -0.2) is 0 Å². The molecule has 0 saturated carbocycles. The first-order valence-corrected chi connectivity index (χ1v) is 4.33. The predicted molar refractivity (Wildman–Crippen MR) is 46.7 cm³/mol. The molecule has 0 aliphatic carbocycles. The average molecular weight is 171 g/mol. The second kappa shape index (κ2) is 8.51. The van der Waals surface area contributed by atoms with E-state index in [1.165, 1.54) is 0 Å². The molecule has 0 fully saturated rings. The quantitative estimate of drug-likeness (QED) is 0.546. The second-order valence-corrected chi connectivity index (χ2v) is 2.74. The minimum Gasteiger partial charge on any atom is -0.379 e. The molecule has 0 N–H and O–H groups in total. The smallest absolute Gasteiger partial charge is 0.0700 e. The van der Waals surface area contributed by atoms with Gasteiger partial charge in [0.15, 0.2) is 0 Å². The van der Waals surface area contributed by atoms with Gasteiger partial charge in [-0.05, 0) is 12.8 Å². The van der Waals surface area contributed by atoms with E-state index in [9.17, 15) is 0 Å². The molecule has 0 rings (SSSR count). The predicted octanol–water partition coefficient (Wildman–Crippen LogP) is 1.59. The van der Waals surface area contributed by atoms with E-state index in [0.717, 1.165) is 6.61 Å². The van der Waals surface area contributed by atoms with Gasteiger partial charge in [0.1, 0.15) is 0 Å². The van der Waals surface area contributed by atoms with Crippen LogP contribution in [0.2, 0.25) is 0 Å². The third-order valence-corrected chi connectivity index (χ3v) is 1.42. The molecule has 3 heteroatoms. The molecule has 0 aliphatic heterocycles. The zero-order chi connectivity index (χ0) is 9.23. The van der Waals surface area contributed by atoms with E-state index < -0.39 is 0 Å². The molecule has 0 bridgehead atoms. The molecule has 1 atom stereocenters. The average Bonchev–Trinajstić information content (AvgIpc) is 2.05. The van der Waals surface area contributed by atoms with E-state index in [4.69, 9.17) is 14.7 Å². The van der Waals surface area contributed by atoms with Crippen molar-refractivity contribution in [3.8, 4) is 6.07 Å². The standard InChI is InChI=1S/C9H17NO2/c1-3-11-6-7-12-8-9(2)4-5-10/h9H,3-4,6-8H2,1-2H3/t9-/m0/s1. The van der Waals surface area contributed by atoms with Crippen LogP contribution in [0.25, 0.3) is 0 Å². The fraction of sp³-hybridized carbons (Fsp3) is 0.889. The zero-order valence-corrected chi connectivity index (χ0v) is 7.88. The van der Waals surface area contributed by atoms with E-state index in [2.05, 4.69) is 6.07 Å². The molecule has 70 valence electrons. The van der Waals surface area contributed by atoms with Gasteiger partial charge in [-0.2, -0.15) is 5.26 Å². The van der Waals surface area contributed by atoms with Crippen LogP contribution >= 0.6 is 0 Å². The highest BCUT2D eigenvalue weighted by atomic mass is 16.5. The molecule has 3 nitrogen and oxygen atoms in total. The molecule has 0 spiro atoms. The van der Waals surface area contributed by atoms with Gasteiger partial charge in [-0.1, -0.05) is 6.92 Å². The van der Waals surface area contributed by atoms with Gasteiger partial charge >= 0.3 is 0 Å². The lowest BCUT2D eigenvalue weighted by Gasteiger charge is -2.07. The van der Waals surface area contributed by atoms with E-state index in [1.807, 2.05) is 13.8 Å². The van der Waals surface area contributed by atoms with E-state index in [-0.39, 0.29) is 0 Å². The molecule has 0 unspecified atom stereocenters. The van der Waals surface area contributed by atoms with Crippen molar-refractivity contribution in [3.05, 3.63) is 0 Å². The largest absolute Gasteiger partial charge is 0.379 e. The highest BCUT2D eigenvalue weighted by Crippen LogP contribution is 1.99. The minimum absolute atomic E-state index is 0.330. The van der Waals surface area contributed by atoms with Gasteiger partial charge in [0.2, 0.25) is 0 Å². The molecule has 0 amide bonds. The molecule has 0 radical (unpaired) electrons. The van der Waals surface area contributed by atoms with Crippen molar-refractivity contribution in [2.24, 2.45) is 5.92 Å². The van der Waals surface area contributed by atoms with Crippen molar-refractivity contribution >= 4 is 0 Å². The van der Waals surface area contributed by atoms with Gasteiger partial charge in [-0.15, -0.1) is 0 Å². The summed E-state index contributed by atoms with van der Waals surface area (Å²) in [5.74, 6) is 0.330. The molecule has 0 saturated heterocycles. The highest BCUT2D eigenvalue weighted by molar-refractivity contribution is 4.72. The summed E-state index contributed by atoms with van der Waals surface area (Å²) in [7, 11) is 0. The first-order valence-electron chi connectivity index (χ1n) is 4.33. The molecule has 0 aromatic heterocycles. The van der Waals surface area contributed by atoms with Gasteiger partial charge in [0.25, 0.3) is 0 Å². The van der Waals surface area contributed by atoms with Gasteiger partial charge in [-0.3, -0.25) is 0 Å². The van der Waals surface area contributed by atoms with Crippen LogP contribution in [0.1, 0.15) is 20.3 Å². The molecular weight excluding hydrogens is 154 g/mol. The SMILES string of the molecule is CCOCCOC[C@@H](C)CC#N. The Labute approximate surface area is 74.3 Å². The Kier molecular flexibility index (Phi) is 8.09. The summed E-state index contributed by atoms with van der Waals surface area (Å²) in [6.45, 7) is 6.62. The van der Waals surface area contributed by atoms with E-state index in [1.54, 1.807) is 0 Å². The minimum atomic E-state index is 0.330. The summed E-state index contributed by atoms with van der Waals surface area (Å²) < 4.78 is 10.4. The Bertz CT molecular complexity index is 131. The van der Waals surface area contributed by atoms with Crippen molar-refractivity contribution in [1.29, 1.82) is 5.26 Å². The second-order valence-electron chi connectivity index (χ2n) is 2.74. The highest BCUT2D eigenvalue weighted by Gasteiger charge is 1.99. The maximum atomic E-state index is 8.35. The van der Waals surface area contributed by atoms with Crippen LogP contribution in [-0.2, 0) is 9.47 Å². The van der Waals surface area contributed by atoms with Gasteiger partial charge < -0.3 is 9.47 Å². The van der Waals surface area contributed by atoms with Crippen LogP contribution < -0.4 is 0 Å². The normalized spacial score (nSPS) is 12.4. The van der Waals surface area contributed by atoms with Gasteiger partial charge in [0, 0.05) is 13.0 Å². The fourth-order valence-corrected chi connectivity index (χ4v) is 0.761. The molecule has 0 heterocycles. The summed E-state index contributed by atoms with van der Waals surface area (Å²) in [4.78, 5) is 0. The Morgan fingerprint density at radius 3 is 2.58 bits per heavy atom. The first kappa shape index (κ1) is 11.4. The van der Waals surface area contributed by atoms with Crippen LogP contribution in [0.3, 0.4) is 0 Å². The number of hydrogen-bond donors (Lipinski definition) is 0. The van der Waals surface area contributed by atoms with Crippen LogP contribution in [0.5, 0.6) is 0 Å². The number of rotatable bonds is 7. The number of nitrogens with zero attached hydrogens (tertiary/aromatic N) is 1. The Hall–Kier alpha value is -0.590. The van der Waals surface area contributed by atoms with Crippen molar-refractivity contribution in [2.45, 2.75) is 20.3 Å². The number of nitriles is 1. The van der Waals surface area contributed by atoms with Crippen molar-refractivity contribution in [2.75, 3.05) is 26.4 Å². The Morgan fingerprint density at radius 2 is 2.00 bits per heavy atom. The van der Waals surface area contributed by atoms with Crippen LogP contribution in [0, 0.1) is 17.2 Å². The van der Waals surface area contributed by atoms with Gasteiger partial charge in [0.05, 0.1) is 25.9 Å². The Morgan fingerprint density at radius 1 is 1.33 bits per heavy atom. The molecular formula is C9H17NO2. The van der Waals surface area contributed by atoms with Crippen LogP contribution in [0.15, 0.2) is 0 Å². The monoisotopic (exact) mass is 171 g/mol. The third-order valence-electron chi connectivity index (χ3n) is 1.42.